The smallest absolute Gasteiger partial charge is 0.0876 e. The van der Waals surface area contributed by atoms with Crippen LogP contribution < -0.4 is 5.32 Å². The van der Waals surface area contributed by atoms with E-state index >= 15 is 0 Å². The Balaban J connectivity index is 2.31. The van der Waals surface area contributed by atoms with E-state index < -0.39 is 0 Å². The second-order valence-electron chi connectivity index (χ2n) is 4.36. The summed E-state index contributed by atoms with van der Waals surface area (Å²) in [5.74, 6) is 0. The molecule has 2 rings (SSSR count). The quantitative estimate of drug-likeness (QED) is 0.881. The Morgan fingerprint density at radius 1 is 1.44 bits per heavy atom. The molecule has 0 amide bonds. The van der Waals surface area contributed by atoms with Crippen LogP contribution in [0.3, 0.4) is 0 Å². The Morgan fingerprint density at radius 3 is 2.89 bits per heavy atom. The Bertz CT molecular complexity index is 427. The van der Waals surface area contributed by atoms with E-state index in [4.69, 9.17) is 16.3 Å². The summed E-state index contributed by atoms with van der Waals surface area (Å²) in [6.45, 7) is 3.84. The van der Waals surface area contributed by atoms with Crippen LogP contribution in [-0.4, -0.2) is 13.2 Å². The van der Waals surface area contributed by atoms with Gasteiger partial charge >= 0.3 is 0 Å². The van der Waals surface area contributed by atoms with Crippen molar-refractivity contribution in [3.05, 3.63) is 45.1 Å². The number of benzene rings is 1. The molecule has 4 heteroatoms. The summed E-state index contributed by atoms with van der Waals surface area (Å²) in [6.07, 6.45) is 4.04. The number of hydrogen-bond acceptors (Lipinski definition) is 2. The van der Waals surface area contributed by atoms with Crippen LogP contribution in [0.25, 0.3) is 0 Å². The van der Waals surface area contributed by atoms with Gasteiger partial charge in [-0.15, -0.1) is 0 Å². The van der Waals surface area contributed by atoms with Crippen LogP contribution in [0.4, 0.5) is 0 Å². The minimum atomic E-state index is 0.185. The maximum Gasteiger partial charge on any atom is 0.0876 e. The molecule has 1 aromatic carbocycles. The molecule has 0 spiro atoms. The van der Waals surface area contributed by atoms with Crippen LogP contribution in [0, 0.1) is 0 Å². The number of halogens is 2. The van der Waals surface area contributed by atoms with Gasteiger partial charge in [-0.05, 0) is 48.7 Å². The predicted octanol–water partition coefficient (Wildman–Crippen LogP) is 4.45. The van der Waals surface area contributed by atoms with E-state index in [0.29, 0.717) is 0 Å². The lowest BCUT2D eigenvalue weighted by atomic mass is 9.95. The lowest BCUT2D eigenvalue weighted by Gasteiger charge is -2.24. The molecule has 1 heterocycles. The van der Waals surface area contributed by atoms with Gasteiger partial charge in [-0.2, -0.15) is 0 Å². The van der Waals surface area contributed by atoms with E-state index in [1.165, 1.54) is 11.1 Å². The fourth-order valence-corrected chi connectivity index (χ4v) is 3.09. The molecule has 1 N–H and O–H groups in total. The highest BCUT2D eigenvalue weighted by molar-refractivity contribution is 9.10. The summed E-state index contributed by atoms with van der Waals surface area (Å²) in [4.78, 5) is 0. The van der Waals surface area contributed by atoms with Gasteiger partial charge in [0, 0.05) is 9.50 Å². The third kappa shape index (κ3) is 3.50. The molecule has 1 atom stereocenters. The molecule has 2 nitrogen and oxygen atoms in total. The van der Waals surface area contributed by atoms with Gasteiger partial charge in [0.2, 0.25) is 0 Å². The molecule has 1 aliphatic heterocycles. The van der Waals surface area contributed by atoms with Crippen molar-refractivity contribution in [2.45, 2.75) is 25.8 Å². The molecule has 18 heavy (non-hydrogen) atoms. The van der Waals surface area contributed by atoms with Crippen LogP contribution in [0.5, 0.6) is 0 Å². The van der Waals surface area contributed by atoms with Crippen molar-refractivity contribution in [1.29, 1.82) is 0 Å². The van der Waals surface area contributed by atoms with Crippen molar-refractivity contribution in [3.8, 4) is 0 Å². The number of hydrogen-bond donors (Lipinski definition) is 1. The molecule has 0 aliphatic carbocycles. The monoisotopic (exact) mass is 329 g/mol. The highest BCUT2D eigenvalue weighted by atomic mass is 79.9. The van der Waals surface area contributed by atoms with E-state index in [-0.39, 0.29) is 6.04 Å². The first-order valence-electron chi connectivity index (χ1n) is 6.20. The molecule has 0 saturated carbocycles. The topological polar surface area (TPSA) is 21.3 Å². The average Bonchev–Trinajstić information content (AvgIpc) is 2.36. The molecule has 1 aromatic rings. The van der Waals surface area contributed by atoms with Gasteiger partial charge in [0.15, 0.2) is 0 Å². The molecular weight excluding hydrogens is 314 g/mol. The Kier molecular flexibility index (Phi) is 5.10. The van der Waals surface area contributed by atoms with Crippen molar-refractivity contribution < 1.29 is 4.74 Å². The molecule has 0 aromatic heterocycles. The Labute approximate surface area is 121 Å². The van der Waals surface area contributed by atoms with Gasteiger partial charge in [-0.3, -0.25) is 0 Å². The third-order valence-electron chi connectivity index (χ3n) is 2.96. The second-order valence-corrected chi connectivity index (χ2v) is 5.71. The van der Waals surface area contributed by atoms with Crippen LogP contribution in [-0.2, 0) is 4.74 Å². The highest BCUT2D eigenvalue weighted by Gasteiger charge is 2.18. The van der Waals surface area contributed by atoms with E-state index in [9.17, 15) is 0 Å². The summed E-state index contributed by atoms with van der Waals surface area (Å²) in [5, 5.41) is 4.24. The normalized spacial score (nSPS) is 16.9. The van der Waals surface area contributed by atoms with Crippen molar-refractivity contribution in [2.24, 2.45) is 0 Å². The van der Waals surface area contributed by atoms with Crippen molar-refractivity contribution >= 4 is 27.5 Å². The zero-order valence-corrected chi connectivity index (χ0v) is 12.7. The van der Waals surface area contributed by atoms with Crippen LogP contribution in [0.2, 0.25) is 5.02 Å². The lowest BCUT2D eigenvalue weighted by molar-refractivity contribution is 0.219. The predicted molar refractivity (Wildman–Crippen MR) is 78.8 cm³/mol. The first-order valence-corrected chi connectivity index (χ1v) is 7.37. The van der Waals surface area contributed by atoms with Gasteiger partial charge in [0.1, 0.15) is 0 Å². The van der Waals surface area contributed by atoms with Crippen molar-refractivity contribution in [1.82, 2.24) is 5.32 Å². The third-order valence-corrected chi connectivity index (χ3v) is 3.64. The van der Waals surface area contributed by atoms with E-state index in [2.05, 4.69) is 34.2 Å². The second kappa shape index (κ2) is 6.60. The largest absolute Gasteiger partial charge is 0.501 e. The minimum Gasteiger partial charge on any atom is -0.501 e. The molecule has 0 bridgehead atoms. The van der Waals surface area contributed by atoms with Gasteiger partial charge in [0.05, 0.1) is 18.9 Å². The van der Waals surface area contributed by atoms with Crippen LogP contribution >= 0.6 is 27.5 Å². The van der Waals surface area contributed by atoms with Gasteiger partial charge in [-0.25, -0.2) is 0 Å². The molecule has 0 fully saturated rings. The molecule has 1 aliphatic rings. The first kappa shape index (κ1) is 13.9. The summed E-state index contributed by atoms with van der Waals surface area (Å²) < 4.78 is 6.45. The van der Waals surface area contributed by atoms with Crippen molar-refractivity contribution in [3.63, 3.8) is 0 Å². The van der Waals surface area contributed by atoms with Gasteiger partial charge in [0.25, 0.3) is 0 Å². The first-order chi connectivity index (χ1) is 8.70. The maximum atomic E-state index is 6.12. The summed E-state index contributed by atoms with van der Waals surface area (Å²) in [5.41, 5.74) is 2.46. The number of likely N-dealkylation sites (N-methyl/N-ethyl adjacent to an activating group) is 1. The number of rotatable bonds is 4. The zero-order valence-electron chi connectivity index (χ0n) is 10.4. The highest BCUT2D eigenvalue weighted by Crippen LogP contribution is 2.31. The lowest BCUT2D eigenvalue weighted by Crippen LogP contribution is -2.24. The standard InChI is InChI=1S/C14H17BrClNO/c1-2-17-14(10-4-3-5-18-9-10)11-6-12(15)8-13(16)7-11/h6-9,14,17H,2-5H2,1H3. The fraction of sp³-hybridized carbons (Fsp3) is 0.429. The Hall–Kier alpha value is -0.510. The Morgan fingerprint density at radius 2 is 2.28 bits per heavy atom. The number of ether oxygens (including phenoxy) is 1. The molecule has 0 saturated heterocycles. The van der Waals surface area contributed by atoms with E-state index in [0.717, 1.165) is 35.5 Å². The van der Waals surface area contributed by atoms with E-state index in [1.54, 1.807) is 0 Å². The molecule has 1 unspecified atom stereocenters. The molecule has 0 radical (unpaired) electrons. The summed E-state index contributed by atoms with van der Waals surface area (Å²) in [6, 6.07) is 6.20. The van der Waals surface area contributed by atoms with E-state index in [1.807, 2.05) is 18.4 Å². The van der Waals surface area contributed by atoms with Gasteiger partial charge < -0.3 is 10.1 Å². The number of nitrogens with one attached hydrogen (secondary N) is 1. The van der Waals surface area contributed by atoms with Crippen LogP contribution in [0.1, 0.15) is 31.4 Å². The van der Waals surface area contributed by atoms with Gasteiger partial charge in [-0.1, -0.05) is 34.5 Å². The van der Waals surface area contributed by atoms with Crippen LogP contribution in [0.15, 0.2) is 34.5 Å². The summed E-state index contributed by atoms with van der Waals surface area (Å²) in [7, 11) is 0. The summed E-state index contributed by atoms with van der Waals surface area (Å²) >= 11 is 9.62. The fourth-order valence-electron chi connectivity index (χ4n) is 2.21. The van der Waals surface area contributed by atoms with Crippen molar-refractivity contribution in [2.75, 3.05) is 13.2 Å². The molecular formula is C14H17BrClNO. The average molecular weight is 331 g/mol. The maximum absolute atomic E-state index is 6.12. The molecule has 98 valence electrons. The SMILES string of the molecule is CCNC(C1=COCCC1)c1cc(Cl)cc(Br)c1. The minimum absolute atomic E-state index is 0.185. The zero-order chi connectivity index (χ0) is 13.0.